The lowest BCUT2D eigenvalue weighted by Crippen LogP contribution is -2.44. The molecule has 2 rings (SSSR count). The fourth-order valence-electron chi connectivity index (χ4n) is 3.63. The van der Waals surface area contributed by atoms with Gasteiger partial charge >= 0.3 is 0 Å². The molecule has 1 aromatic rings. The molecule has 1 aromatic heterocycles. The summed E-state index contributed by atoms with van der Waals surface area (Å²) >= 11 is 0. The summed E-state index contributed by atoms with van der Waals surface area (Å²) in [6, 6.07) is 7.01. The van der Waals surface area contributed by atoms with Gasteiger partial charge < -0.3 is 5.32 Å². The van der Waals surface area contributed by atoms with Crippen LogP contribution in [-0.4, -0.2) is 36.1 Å². The molecule has 118 valence electrons. The molecule has 1 heterocycles. The van der Waals surface area contributed by atoms with Gasteiger partial charge in [-0.3, -0.25) is 9.88 Å². The number of aromatic nitrogens is 1. The van der Waals surface area contributed by atoms with E-state index in [0.717, 1.165) is 30.6 Å². The van der Waals surface area contributed by atoms with Crippen molar-refractivity contribution in [2.75, 3.05) is 20.1 Å². The van der Waals surface area contributed by atoms with Gasteiger partial charge in [0.2, 0.25) is 0 Å². The molecule has 0 aromatic carbocycles. The Morgan fingerprint density at radius 3 is 2.81 bits per heavy atom. The van der Waals surface area contributed by atoms with Crippen molar-refractivity contribution in [3.63, 3.8) is 0 Å². The third-order valence-electron chi connectivity index (χ3n) is 4.89. The molecule has 3 atom stereocenters. The zero-order valence-electron chi connectivity index (χ0n) is 14.1. The lowest BCUT2D eigenvalue weighted by Gasteiger charge is -2.37. The minimum atomic E-state index is 0.681. The van der Waals surface area contributed by atoms with Crippen molar-refractivity contribution in [3.8, 4) is 0 Å². The second kappa shape index (κ2) is 7.90. The average molecular weight is 289 g/mol. The molecule has 0 bridgehead atoms. The monoisotopic (exact) mass is 289 g/mol. The van der Waals surface area contributed by atoms with Crippen LogP contribution >= 0.6 is 0 Å². The van der Waals surface area contributed by atoms with Crippen LogP contribution in [-0.2, 0) is 6.54 Å². The maximum absolute atomic E-state index is 4.65. The molecule has 1 fully saturated rings. The first-order valence-corrected chi connectivity index (χ1v) is 8.44. The van der Waals surface area contributed by atoms with Crippen LogP contribution in [0.5, 0.6) is 0 Å². The largest absolute Gasteiger partial charge is 0.317 e. The quantitative estimate of drug-likeness (QED) is 0.871. The molecule has 0 aliphatic heterocycles. The molecule has 3 unspecified atom stereocenters. The molecule has 1 aliphatic carbocycles. The van der Waals surface area contributed by atoms with E-state index in [0.29, 0.717) is 6.04 Å². The molecular formula is C18H31N3. The van der Waals surface area contributed by atoms with E-state index < -0.39 is 0 Å². The Morgan fingerprint density at radius 1 is 1.33 bits per heavy atom. The summed E-state index contributed by atoms with van der Waals surface area (Å²) in [4.78, 5) is 7.20. The van der Waals surface area contributed by atoms with Gasteiger partial charge in [0, 0.05) is 24.8 Å². The first-order chi connectivity index (χ1) is 10.1. The number of rotatable bonds is 6. The van der Waals surface area contributed by atoms with Crippen LogP contribution in [0, 0.1) is 18.8 Å². The standard InChI is InChI=1S/C18H31N3/c1-5-21(13-17-8-6-7-15(3)20-17)12-16-11-14(2)9-10-18(16)19-4/h6-8,14,16,18-19H,5,9-13H2,1-4H3. The Hall–Kier alpha value is -0.930. The van der Waals surface area contributed by atoms with Gasteiger partial charge in [-0.1, -0.05) is 19.9 Å². The topological polar surface area (TPSA) is 28.2 Å². The van der Waals surface area contributed by atoms with Gasteiger partial charge in [-0.25, -0.2) is 0 Å². The summed E-state index contributed by atoms with van der Waals surface area (Å²) in [6.07, 6.45) is 4.04. The van der Waals surface area contributed by atoms with E-state index in [1.807, 2.05) is 0 Å². The fourth-order valence-corrected chi connectivity index (χ4v) is 3.63. The summed E-state index contributed by atoms with van der Waals surface area (Å²) in [7, 11) is 2.12. The highest BCUT2D eigenvalue weighted by Gasteiger charge is 2.28. The number of hydrogen-bond acceptors (Lipinski definition) is 3. The molecule has 21 heavy (non-hydrogen) atoms. The predicted octanol–water partition coefficient (Wildman–Crippen LogP) is 3.24. The normalized spacial score (nSPS) is 26.2. The highest BCUT2D eigenvalue weighted by Crippen LogP contribution is 2.29. The summed E-state index contributed by atoms with van der Waals surface area (Å²) < 4.78 is 0. The third-order valence-corrected chi connectivity index (χ3v) is 4.89. The molecule has 0 saturated heterocycles. The second-order valence-corrected chi connectivity index (χ2v) is 6.67. The van der Waals surface area contributed by atoms with E-state index in [1.54, 1.807) is 0 Å². The van der Waals surface area contributed by atoms with Gasteiger partial charge in [-0.2, -0.15) is 0 Å². The fraction of sp³-hybridized carbons (Fsp3) is 0.722. The minimum Gasteiger partial charge on any atom is -0.317 e. The van der Waals surface area contributed by atoms with Crippen LogP contribution in [0.3, 0.4) is 0 Å². The van der Waals surface area contributed by atoms with Gasteiger partial charge in [0.1, 0.15) is 0 Å². The van der Waals surface area contributed by atoms with Crippen LogP contribution < -0.4 is 5.32 Å². The van der Waals surface area contributed by atoms with Crippen LogP contribution in [0.4, 0.5) is 0 Å². The third kappa shape index (κ3) is 4.79. The second-order valence-electron chi connectivity index (χ2n) is 6.67. The summed E-state index contributed by atoms with van der Waals surface area (Å²) in [5, 5.41) is 3.53. The number of nitrogens with one attached hydrogen (secondary N) is 1. The first kappa shape index (κ1) is 16.4. The average Bonchev–Trinajstić information content (AvgIpc) is 2.47. The molecule has 3 heteroatoms. The smallest absolute Gasteiger partial charge is 0.0547 e. The van der Waals surface area contributed by atoms with E-state index in [4.69, 9.17) is 0 Å². The molecular weight excluding hydrogens is 258 g/mol. The Morgan fingerprint density at radius 2 is 2.14 bits per heavy atom. The van der Waals surface area contributed by atoms with E-state index in [2.05, 4.69) is 61.2 Å². The SMILES string of the molecule is CCN(Cc1cccc(C)n1)CC1CC(C)CCC1NC. The maximum atomic E-state index is 4.65. The van der Waals surface area contributed by atoms with Crippen molar-refractivity contribution < 1.29 is 0 Å². The molecule has 3 nitrogen and oxygen atoms in total. The minimum absolute atomic E-state index is 0.681. The molecule has 0 spiro atoms. The number of aryl methyl sites for hydroxylation is 1. The zero-order chi connectivity index (χ0) is 15.2. The van der Waals surface area contributed by atoms with Gasteiger partial charge in [0.25, 0.3) is 0 Å². The Labute approximate surface area is 130 Å². The van der Waals surface area contributed by atoms with Crippen LogP contribution in [0.2, 0.25) is 0 Å². The van der Waals surface area contributed by atoms with Crippen molar-refractivity contribution >= 4 is 0 Å². The van der Waals surface area contributed by atoms with E-state index in [9.17, 15) is 0 Å². The Kier molecular flexibility index (Phi) is 6.19. The summed E-state index contributed by atoms with van der Waals surface area (Å²) in [5.74, 6) is 1.64. The molecule has 1 N–H and O–H groups in total. The maximum Gasteiger partial charge on any atom is 0.0547 e. The molecule has 0 amide bonds. The van der Waals surface area contributed by atoms with Crippen molar-refractivity contribution in [3.05, 3.63) is 29.6 Å². The van der Waals surface area contributed by atoms with Crippen LogP contribution in [0.25, 0.3) is 0 Å². The highest BCUT2D eigenvalue weighted by atomic mass is 15.1. The van der Waals surface area contributed by atoms with Gasteiger partial charge in [0.05, 0.1) is 5.69 Å². The van der Waals surface area contributed by atoms with Crippen LogP contribution in [0.15, 0.2) is 18.2 Å². The number of nitrogens with zero attached hydrogens (tertiary/aromatic N) is 2. The Balaban J connectivity index is 1.97. The van der Waals surface area contributed by atoms with Gasteiger partial charge in [0.15, 0.2) is 0 Å². The number of hydrogen-bond donors (Lipinski definition) is 1. The van der Waals surface area contributed by atoms with Crippen LogP contribution in [0.1, 0.15) is 44.5 Å². The summed E-state index contributed by atoms with van der Waals surface area (Å²) in [5.41, 5.74) is 2.31. The molecule has 0 radical (unpaired) electrons. The van der Waals surface area contributed by atoms with Crippen molar-refractivity contribution in [1.82, 2.24) is 15.2 Å². The summed E-state index contributed by atoms with van der Waals surface area (Å²) in [6.45, 7) is 9.98. The first-order valence-electron chi connectivity index (χ1n) is 8.44. The van der Waals surface area contributed by atoms with E-state index in [-0.39, 0.29) is 0 Å². The van der Waals surface area contributed by atoms with E-state index >= 15 is 0 Å². The van der Waals surface area contributed by atoms with Crippen molar-refractivity contribution in [1.29, 1.82) is 0 Å². The molecule has 1 saturated carbocycles. The zero-order valence-corrected chi connectivity index (χ0v) is 14.1. The lowest BCUT2D eigenvalue weighted by atomic mass is 9.78. The van der Waals surface area contributed by atoms with E-state index in [1.165, 1.54) is 31.5 Å². The predicted molar refractivity (Wildman–Crippen MR) is 89.3 cm³/mol. The lowest BCUT2D eigenvalue weighted by molar-refractivity contribution is 0.147. The van der Waals surface area contributed by atoms with Crippen molar-refractivity contribution in [2.24, 2.45) is 11.8 Å². The van der Waals surface area contributed by atoms with Crippen molar-refractivity contribution in [2.45, 2.75) is 52.6 Å². The molecule has 1 aliphatic rings. The number of pyridine rings is 1. The van der Waals surface area contributed by atoms with Gasteiger partial charge in [-0.05, 0) is 63.7 Å². The van der Waals surface area contributed by atoms with Gasteiger partial charge in [-0.15, -0.1) is 0 Å². The highest BCUT2D eigenvalue weighted by molar-refractivity contribution is 5.09. The Bertz CT molecular complexity index is 432.